The molecule has 1 rings (SSSR count). The fourth-order valence-electron chi connectivity index (χ4n) is 1.16. The molecule has 0 saturated heterocycles. The molecule has 0 atom stereocenters. The van der Waals surface area contributed by atoms with Crippen molar-refractivity contribution >= 4 is 17.7 Å². The van der Waals surface area contributed by atoms with Crippen LogP contribution in [0.4, 0.5) is 5.69 Å². The Hall–Kier alpha value is -2.17. The first-order valence-electron chi connectivity index (χ1n) is 4.55. The number of hydrogen-bond donors (Lipinski definition) is 0. The zero-order chi connectivity index (χ0) is 12.1. The van der Waals surface area contributed by atoms with E-state index in [-0.39, 0.29) is 5.69 Å². The monoisotopic (exact) mass is 221 g/mol. The quantitative estimate of drug-likeness (QED) is 0.339. The number of ether oxygens (including phenoxy) is 1. The minimum atomic E-state index is -0.472. The summed E-state index contributed by atoms with van der Waals surface area (Å²) in [7, 11) is 1.30. The number of hydrogen-bond acceptors (Lipinski definition) is 4. The summed E-state index contributed by atoms with van der Waals surface area (Å²) < 4.78 is 4.53. The Morgan fingerprint density at radius 3 is 2.38 bits per heavy atom. The Morgan fingerprint density at radius 1 is 1.38 bits per heavy atom. The molecule has 0 saturated carbocycles. The minimum Gasteiger partial charge on any atom is -0.466 e. The third-order valence-corrected chi connectivity index (χ3v) is 1.99. The van der Waals surface area contributed by atoms with Gasteiger partial charge in [-0.3, -0.25) is 10.1 Å². The average Bonchev–Trinajstić information content (AvgIpc) is 2.28. The van der Waals surface area contributed by atoms with Crippen LogP contribution in [0.2, 0.25) is 0 Å². The molecule has 0 aliphatic heterocycles. The van der Waals surface area contributed by atoms with Gasteiger partial charge in [0.2, 0.25) is 0 Å². The van der Waals surface area contributed by atoms with Crippen LogP contribution in [0.25, 0.3) is 6.08 Å². The van der Waals surface area contributed by atoms with Crippen molar-refractivity contribution in [2.24, 2.45) is 0 Å². The lowest BCUT2D eigenvalue weighted by Crippen LogP contribution is -2.00. The van der Waals surface area contributed by atoms with Crippen LogP contribution in [-0.4, -0.2) is 18.0 Å². The van der Waals surface area contributed by atoms with Crippen molar-refractivity contribution < 1.29 is 14.5 Å². The van der Waals surface area contributed by atoms with Gasteiger partial charge in [0, 0.05) is 17.7 Å². The molecule has 5 nitrogen and oxygen atoms in total. The highest BCUT2D eigenvalue weighted by Gasteiger charge is 2.05. The Balaban J connectivity index is 2.91. The number of benzene rings is 1. The van der Waals surface area contributed by atoms with Crippen molar-refractivity contribution in [3.63, 3.8) is 0 Å². The Morgan fingerprint density at radius 2 is 1.94 bits per heavy atom. The van der Waals surface area contributed by atoms with E-state index in [0.29, 0.717) is 11.1 Å². The van der Waals surface area contributed by atoms with Gasteiger partial charge >= 0.3 is 5.97 Å². The number of esters is 1. The molecule has 0 unspecified atom stereocenters. The van der Waals surface area contributed by atoms with E-state index in [1.807, 2.05) is 0 Å². The molecule has 84 valence electrons. The van der Waals surface area contributed by atoms with E-state index < -0.39 is 10.9 Å². The maximum atomic E-state index is 11.1. The minimum absolute atomic E-state index is 0.0212. The standard InChI is InChI=1S/C11H11NO4/c1-8(11(13)16-2)7-9-3-5-10(6-4-9)12(14)15/h3-7H,1-2H3. The molecule has 16 heavy (non-hydrogen) atoms. The largest absolute Gasteiger partial charge is 0.466 e. The summed E-state index contributed by atoms with van der Waals surface area (Å²) in [6.07, 6.45) is 1.61. The van der Waals surface area contributed by atoms with E-state index in [1.54, 1.807) is 25.1 Å². The van der Waals surface area contributed by atoms with E-state index in [9.17, 15) is 14.9 Å². The fourth-order valence-corrected chi connectivity index (χ4v) is 1.16. The molecule has 0 aliphatic rings. The highest BCUT2D eigenvalue weighted by Crippen LogP contribution is 2.14. The topological polar surface area (TPSA) is 69.4 Å². The lowest BCUT2D eigenvalue weighted by atomic mass is 10.1. The summed E-state index contributed by atoms with van der Waals surface area (Å²) in [5, 5.41) is 10.4. The summed E-state index contributed by atoms with van der Waals surface area (Å²) >= 11 is 0. The van der Waals surface area contributed by atoms with E-state index in [0.717, 1.165) is 0 Å². The zero-order valence-electron chi connectivity index (χ0n) is 8.97. The summed E-state index contributed by atoms with van der Waals surface area (Å²) in [6.45, 7) is 1.62. The second-order valence-electron chi connectivity index (χ2n) is 3.17. The van der Waals surface area contributed by atoms with Gasteiger partial charge in [-0.05, 0) is 30.7 Å². The maximum absolute atomic E-state index is 11.1. The van der Waals surface area contributed by atoms with Crippen molar-refractivity contribution in [2.45, 2.75) is 6.92 Å². The lowest BCUT2D eigenvalue weighted by Gasteiger charge is -1.98. The van der Waals surface area contributed by atoms with Crippen LogP contribution >= 0.6 is 0 Å². The molecule has 0 N–H and O–H groups in total. The first-order chi connectivity index (χ1) is 7.54. The number of methoxy groups -OCH3 is 1. The van der Waals surface area contributed by atoms with Crippen molar-refractivity contribution in [3.8, 4) is 0 Å². The number of non-ortho nitro benzene ring substituents is 1. The van der Waals surface area contributed by atoms with Crippen LogP contribution in [0.1, 0.15) is 12.5 Å². The zero-order valence-corrected chi connectivity index (χ0v) is 8.97. The molecule has 0 fully saturated rings. The molecule has 0 heterocycles. The molecule has 1 aromatic carbocycles. The highest BCUT2D eigenvalue weighted by atomic mass is 16.6. The van der Waals surface area contributed by atoms with Gasteiger partial charge in [-0.15, -0.1) is 0 Å². The molecule has 1 aromatic rings. The number of carbonyl (C=O) groups is 1. The molecule has 0 bridgehead atoms. The first kappa shape index (κ1) is 11.9. The van der Waals surface area contributed by atoms with Gasteiger partial charge in [0.1, 0.15) is 0 Å². The van der Waals surface area contributed by atoms with Crippen LogP contribution in [0.15, 0.2) is 29.8 Å². The predicted octanol–water partition coefficient (Wildman–Crippen LogP) is 2.17. The average molecular weight is 221 g/mol. The third-order valence-electron chi connectivity index (χ3n) is 1.99. The summed E-state index contributed by atoms with van der Waals surface area (Å²) in [6, 6.07) is 5.92. The van der Waals surface area contributed by atoms with Gasteiger partial charge in [0.25, 0.3) is 5.69 Å². The molecule has 5 heteroatoms. The van der Waals surface area contributed by atoms with E-state index >= 15 is 0 Å². The second-order valence-corrected chi connectivity index (χ2v) is 3.17. The van der Waals surface area contributed by atoms with E-state index in [4.69, 9.17) is 0 Å². The van der Waals surface area contributed by atoms with Crippen LogP contribution < -0.4 is 0 Å². The summed E-state index contributed by atoms with van der Waals surface area (Å²) in [4.78, 5) is 21.0. The SMILES string of the molecule is COC(=O)C(C)=Cc1ccc([N+](=O)[O-])cc1. The number of nitro groups is 1. The highest BCUT2D eigenvalue weighted by molar-refractivity contribution is 5.92. The number of nitro benzene ring substituents is 1. The van der Waals surface area contributed by atoms with Gasteiger partial charge < -0.3 is 4.74 Å². The second kappa shape index (κ2) is 5.06. The maximum Gasteiger partial charge on any atom is 0.333 e. The van der Waals surface area contributed by atoms with Crippen molar-refractivity contribution in [3.05, 3.63) is 45.5 Å². The van der Waals surface area contributed by atoms with Crippen LogP contribution in [0.5, 0.6) is 0 Å². The molecule has 0 aromatic heterocycles. The molecule has 0 amide bonds. The molecule has 0 radical (unpaired) electrons. The number of carbonyl (C=O) groups excluding carboxylic acids is 1. The van der Waals surface area contributed by atoms with Gasteiger partial charge in [-0.2, -0.15) is 0 Å². The third kappa shape index (κ3) is 2.91. The Bertz CT molecular complexity index is 434. The Labute approximate surface area is 92.5 Å². The summed E-state index contributed by atoms with van der Waals surface area (Å²) in [5.41, 5.74) is 1.18. The van der Waals surface area contributed by atoms with Crippen LogP contribution in [0, 0.1) is 10.1 Å². The predicted molar refractivity (Wildman–Crippen MR) is 58.8 cm³/mol. The molecular formula is C11H11NO4. The van der Waals surface area contributed by atoms with E-state index in [1.165, 1.54) is 19.2 Å². The van der Waals surface area contributed by atoms with Gasteiger partial charge in [0.05, 0.1) is 12.0 Å². The van der Waals surface area contributed by atoms with Crippen LogP contribution in [0.3, 0.4) is 0 Å². The van der Waals surface area contributed by atoms with Gasteiger partial charge in [-0.1, -0.05) is 0 Å². The number of nitrogens with zero attached hydrogens (tertiary/aromatic N) is 1. The Kier molecular flexibility index (Phi) is 3.77. The first-order valence-corrected chi connectivity index (χ1v) is 4.55. The number of rotatable bonds is 3. The van der Waals surface area contributed by atoms with Crippen molar-refractivity contribution in [1.82, 2.24) is 0 Å². The van der Waals surface area contributed by atoms with Crippen molar-refractivity contribution in [1.29, 1.82) is 0 Å². The van der Waals surface area contributed by atoms with Gasteiger partial charge in [0.15, 0.2) is 0 Å². The fraction of sp³-hybridized carbons (Fsp3) is 0.182. The lowest BCUT2D eigenvalue weighted by molar-refractivity contribution is -0.384. The molecule has 0 spiro atoms. The molecular weight excluding hydrogens is 210 g/mol. The molecule has 0 aliphatic carbocycles. The van der Waals surface area contributed by atoms with Crippen LogP contribution in [-0.2, 0) is 9.53 Å². The smallest absolute Gasteiger partial charge is 0.333 e. The van der Waals surface area contributed by atoms with Crippen molar-refractivity contribution in [2.75, 3.05) is 7.11 Å². The van der Waals surface area contributed by atoms with Gasteiger partial charge in [-0.25, -0.2) is 4.79 Å². The normalized spacial score (nSPS) is 11.0. The summed E-state index contributed by atoms with van der Waals surface area (Å²) in [5.74, 6) is -0.418. The van der Waals surface area contributed by atoms with E-state index in [2.05, 4.69) is 4.74 Å².